The highest BCUT2D eigenvalue weighted by molar-refractivity contribution is 7.99. The third-order valence-electron chi connectivity index (χ3n) is 5.65. The number of halogens is 3. The predicted molar refractivity (Wildman–Crippen MR) is 139 cm³/mol. The molecule has 192 valence electrons. The number of rotatable bonds is 13. The number of alkyl halides is 3. The van der Waals surface area contributed by atoms with Gasteiger partial charge in [-0.15, -0.1) is 0 Å². The van der Waals surface area contributed by atoms with Gasteiger partial charge in [0.25, 0.3) is 0 Å². The van der Waals surface area contributed by atoms with Crippen LogP contribution in [0.4, 0.5) is 13.2 Å². The lowest BCUT2D eigenvalue weighted by molar-refractivity contribution is -0.171. The van der Waals surface area contributed by atoms with E-state index in [1.165, 1.54) is 11.1 Å². The highest BCUT2D eigenvalue weighted by atomic mass is 32.2. The molecule has 0 saturated heterocycles. The Bertz CT molecular complexity index is 1030. The predicted octanol–water partition coefficient (Wildman–Crippen LogP) is 7.29. The molecule has 36 heavy (non-hydrogen) atoms. The van der Waals surface area contributed by atoms with E-state index in [0.717, 1.165) is 22.6 Å². The fraction of sp³-hybridized carbons (Fsp3) is 0.345. The van der Waals surface area contributed by atoms with E-state index in [4.69, 9.17) is 9.47 Å². The minimum absolute atomic E-state index is 0.0562. The van der Waals surface area contributed by atoms with E-state index in [0.29, 0.717) is 24.5 Å². The summed E-state index contributed by atoms with van der Waals surface area (Å²) in [5, 5.41) is 0. The minimum atomic E-state index is -4.77. The van der Waals surface area contributed by atoms with E-state index in [2.05, 4.69) is 62.4 Å². The van der Waals surface area contributed by atoms with Crippen molar-refractivity contribution >= 4 is 17.5 Å². The van der Waals surface area contributed by atoms with Crippen LogP contribution in [-0.2, 0) is 16.0 Å². The Morgan fingerprint density at radius 3 is 1.86 bits per heavy atom. The molecule has 0 unspecified atom stereocenters. The molecule has 0 aliphatic rings. The SMILES string of the molecule is Cc1ccc(C(OCCSCCOc2ccc(CCC(=O)C(F)(F)F)cc2)c2ccc(C)cc2)cc1. The van der Waals surface area contributed by atoms with Gasteiger partial charge in [0, 0.05) is 17.9 Å². The standard InChI is InChI=1S/C29H31F3O3S/c1-21-3-10-24(11-4-21)28(25-12-5-22(2)6-13-25)35-18-20-36-19-17-34-26-14-7-23(8-15-26)9-16-27(33)29(30,31)32/h3-8,10-15,28H,9,16-20H2,1-2H3. The number of ketones is 1. The Kier molecular flexibility index (Phi) is 10.4. The van der Waals surface area contributed by atoms with Crippen LogP contribution in [0.5, 0.6) is 5.75 Å². The van der Waals surface area contributed by atoms with Crippen LogP contribution in [0.1, 0.15) is 40.3 Å². The number of Topliss-reactive ketones (excluding diaryl/α,β-unsaturated/α-hetero) is 1. The van der Waals surface area contributed by atoms with Crippen LogP contribution in [-0.4, -0.2) is 36.7 Å². The molecular weight excluding hydrogens is 485 g/mol. The van der Waals surface area contributed by atoms with Crippen LogP contribution in [0.25, 0.3) is 0 Å². The molecule has 0 fully saturated rings. The van der Waals surface area contributed by atoms with Crippen molar-refractivity contribution in [1.29, 1.82) is 0 Å². The maximum Gasteiger partial charge on any atom is 0.449 e. The third kappa shape index (κ3) is 9.03. The molecule has 3 aromatic rings. The van der Waals surface area contributed by atoms with Gasteiger partial charge in [-0.1, -0.05) is 71.8 Å². The zero-order chi connectivity index (χ0) is 26.0. The number of benzene rings is 3. The minimum Gasteiger partial charge on any atom is -0.493 e. The first-order valence-electron chi connectivity index (χ1n) is 11.9. The van der Waals surface area contributed by atoms with E-state index in [-0.39, 0.29) is 12.5 Å². The number of carbonyl (C=O) groups excluding carboxylic acids is 1. The van der Waals surface area contributed by atoms with E-state index < -0.39 is 18.4 Å². The van der Waals surface area contributed by atoms with Crippen molar-refractivity contribution in [3.8, 4) is 5.75 Å². The highest BCUT2D eigenvalue weighted by Crippen LogP contribution is 2.27. The molecule has 0 heterocycles. The molecule has 0 saturated carbocycles. The van der Waals surface area contributed by atoms with Gasteiger partial charge >= 0.3 is 6.18 Å². The molecule has 3 rings (SSSR count). The summed E-state index contributed by atoms with van der Waals surface area (Å²) in [6.45, 7) is 5.25. The third-order valence-corrected chi connectivity index (χ3v) is 6.56. The lowest BCUT2D eigenvalue weighted by Gasteiger charge is -2.19. The Balaban J connectivity index is 1.38. The quantitative estimate of drug-likeness (QED) is 0.224. The van der Waals surface area contributed by atoms with Crippen molar-refractivity contribution in [1.82, 2.24) is 0 Å². The monoisotopic (exact) mass is 516 g/mol. The number of carbonyl (C=O) groups is 1. The summed E-state index contributed by atoms with van der Waals surface area (Å²) in [7, 11) is 0. The van der Waals surface area contributed by atoms with Gasteiger partial charge in [-0.3, -0.25) is 4.79 Å². The summed E-state index contributed by atoms with van der Waals surface area (Å²) in [4.78, 5) is 11.0. The van der Waals surface area contributed by atoms with E-state index in [9.17, 15) is 18.0 Å². The lowest BCUT2D eigenvalue weighted by atomic mass is 9.99. The molecule has 0 aliphatic carbocycles. The van der Waals surface area contributed by atoms with Gasteiger partial charge in [-0.05, 0) is 49.1 Å². The normalized spacial score (nSPS) is 11.6. The number of aryl methyl sites for hydroxylation is 3. The van der Waals surface area contributed by atoms with Crippen molar-refractivity contribution in [2.24, 2.45) is 0 Å². The number of hydrogen-bond donors (Lipinski definition) is 0. The van der Waals surface area contributed by atoms with Crippen molar-refractivity contribution in [3.05, 3.63) is 101 Å². The molecule has 0 spiro atoms. The lowest BCUT2D eigenvalue weighted by Crippen LogP contribution is -2.22. The molecule has 0 radical (unpaired) electrons. The summed E-state index contributed by atoms with van der Waals surface area (Å²) in [5.41, 5.74) is 5.35. The summed E-state index contributed by atoms with van der Waals surface area (Å²) in [6.07, 6.45) is -5.38. The maximum absolute atomic E-state index is 12.3. The van der Waals surface area contributed by atoms with Crippen LogP contribution in [0.2, 0.25) is 0 Å². The first-order chi connectivity index (χ1) is 17.2. The number of ether oxygens (including phenoxy) is 2. The van der Waals surface area contributed by atoms with Crippen molar-refractivity contribution < 1.29 is 27.4 Å². The summed E-state index contributed by atoms with van der Waals surface area (Å²) >= 11 is 1.73. The van der Waals surface area contributed by atoms with Crippen LogP contribution in [0, 0.1) is 13.8 Å². The van der Waals surface area contributed by atoms with Crippen LogP contribution in [0.3, 0.4) is 0 Å². The second-order valence-electron chi connectivity index (χ2n) is 8.60. The average Bonchev–Trinajstić information content (AvgIpc) is 2.86. The van der Waals surface area contributed by atoms with Crippen molar-refractivity contribution in [2.45, 2.75) is 39.0 Å². The van der Waals surface area contributed by atoms with Gasteiger partial charge in [0.1, 0.15) is 11.9 Å². The molecule has 7 heteroatoms. The molecule has 3 nitrogen and oxygen atoms in total. The Morgan fingerprint density at radius 2 is 1.33 bits per heavy atom. The van der Waals surface area contributed by atoms with Crippen molar-refractivity contribution in [2.75, 3.05) is 24.7 Å². The molecule has 0 aromatic heterocycles. The van der Waals surface area contributed by atoms with Gasteiger partial charge in [0.05, 0.1) is 13.2 Å². The topological polar surface area (TPSA) is 35.5 Å². The van der Waals surface area contributed by atoms with E-state index >= 15 is 0 Å². The molecule has 3 aromatic carbocycles. The zero-order valence-corrected chi connectivity index (χ0v) is 21.3. The second kappa shape index (κ2) is 13.5. The first kappa shape index (κ1) is 27.8. The molecule has 0 N–H and O–H groups in total. The molecule has 0 aliphatic heterocycles. The fourth-order valence-corrected chi connectivity index (χ4v) is 4.18. The Morgan fingerprint density at radius 1 is 0.806 bits per heavy atom. The summed E-state index contributed by atoms with van der Waals surface area (Å²) < 4.78 is 48.9. The molecular formula is C29H31F3O3S. The molecule has 0 atom stereocenters. The zero-order valence-electron chi connectivity index (χ0n) is 20.5. The van der Waals surface area contributed by atoms with E-state index in [1.807, 2.05) is 0 Å². The van der Waals surface area contributed by atoms with Crippen LogP contribution in [0.15, 0.2) is 72.8 Å². The summed E-state index contributed by atoms with van der Waals surface area (Å²) in [6, 6.07) is 23.7. The second-order valence-corrected chi connectivity index (χ2v) is 9.82. The smallest absolute Gasteiger partial charge is 0.449 e. The average molecular weight is 517 g/mol. The molecule has 0 amide bonds. The number of hydrogen-bond acceptors (Lipinski definition) is 4. The Labute approximate surface area is 215 Å². The van der Waals surface area contributed by atoms with Gasteiger partial charge in [0.2, 0.25) is 5.78 Å². The van der Waals surface area contributed by atoms with E-state index in [1.54, 1.807) is 36.0 Å². The largest absolute Gasteiger partial charge is 0.493 e. The van der Waals surface area contributed by atoms with Gasteiger partial charge in [0.15, 0.2) is 0 Å². The maximum atomic E-state index is 12.3. The van der Waals surface area contributed by atoms with Gasteiger partial charge in [-0.2, -0.15) is 24.9 Å². The van der Waals surface area contributed by atoms with Gasteiger partial charge < -0.3 is 9.47 Å². The molecule has 0 bridgehead atoms. The van der Waals surface area contributed by atoms with Crippen LogP contribution < -0.4 is 4.74 Å². The Hall–Kier alpha value is -2.77. The summed E-state index contributed by atoms with van der Waals surface area (Å²) in [5.74, 6) is 0.554. The van der Waals surface area contributed by atoms with Gasteiger partial charge in [-0.25, -0.2) is 0 Å². The fourth-order valence-electron chi connectivity index (χ4n) is 3.56. The van der Waals surface area contributed by atoms with Crippen LogP contribution >= 0.6 is 11.8 Å². The number of thioether (sulfide) groups is 1. The van der Waals surface area contributed by atoms with Crippen molar-refractivity contribution in [3.63, 3.8) is 0 Å². The highest BCUT2D eigenvalue weighted by Gasteiger charge is 2.37. The first-order valence-corrected chi connectivity index (χ1v) is 13.0.